The molecule has 0 unspecified atom stereocenters. The van der Waals surface area contributed by atoms with Crippen molar-refractivity contribution in [1.82, 2.24) is 4.83 Å². The molecule has 0 amide bonds. The van der Waals surface area contributed by atoms with Crippen LogP contribution in [0.4, 0.5) is 5.69 Å². The van der Waals surface area contributed by atoms with E-state index in [1.54, 1.807) is 0 Å². The van der Waals surface area contributed by atoms with E-state index in [0.717, 1.165) is 29.8 Å². The molecule has 0 heterocycles. The first-order valence-corrected chi connectivity index (χ1v) is 8.67. The first-order valence-electron chi connectivity index (χ1n) is 7.19. The molecule has 0 aliphatic heterocycles. The standard InChI is InChI=1S/C16H17N3O4S/c1-12(2)14-5-3-13(4-6-14)11-17-18-24(22,23)16-9-7-15(8-10-16)19(20)21/h3-12,18H,1-2H3. The van der Waals surface area contributed by atoms with Gasteiger partial charge in [-0.25, -0.2) is 4.83 Å². The summed E-state index contributed by atoms with van der Waals surface area (Å²) < 4.78 is 24.1. The van der Waals surface area contributed by atoms with Gasteiger partial charge in [0.25, 0.3) is 15.7 Å². The number of nitro groups is 1. The zero-order valence-corrected chi connectivity index (χ0v) is 14.0. The van der Waals surface area contributed by atoms with Gasteiger partial charge < -0.3 is 0 Å². The predicted octanol–water partition coefficient (Wildman–Crippen LogP) is 3.03. The molecule has 0 fully saturated rings. The maximum atomic E-state index is 12.1. The van der Waals surface area contributed by atoms with Crippen LogP contribution in [0.1, 0.15) is 30.9 Å². The highest BCUT2D eigenvalue weighted by molar-refractivity contribution is 7.89. The first kappa shape index (κ1) is 17.6. The number of hydrogen-bond acceptors (Lipinski definition) is 5. The van der Waals surface area contributed by atoms with E-state index in [-0.39, 0.29) is 10.6 Å². The molecule has 1 N–H and O–H groups in total. The van der Waals surface area contributed by atoms with E-state index in [1.165, 1.54) is 11.8 Å². The van der Waals surface area contributed by atoms with Crippen LogP contribution in [-0.4, -0.2) is 19.6 Å². The molecule has 2 aromatic carbocycles. The van der Waals surface area contributed by atoms with Crippen LogP contribution >= 0.6 is 0 Å². The Hall–Kier alpha value is -2.74. The van der Waals surface area contributed by atoms with Gasteiger partial charge in [-0.3, -0.25) is 10.1 Å². The lowest BCUT2D eigenvalue weighted by molar-refractivity contribution is -0.384. The molecule has 126 valence electrons. The second-order valence-electron chi connectivity index (χ2n) is 5.43. The van der Waals surface area contributed by atoms with Crippen LogP contribution in [0, 0.1) is 10.1 Å². The Morgan fingerprint density at radius 3 is 2.17 bits per heavy atom. The van der Waals surface area contributed by atoms with Gasteiger partial charge in [0, 0.05) is 12.1 Å². The van der Waals surface area contributed by atoms with Gasteiger partial charge in [-0.1, -0.05) is 38.1 Å². The monoisotopic (exact) mass is 347 g/mol. The zero-order valence-electron chi connectivity index (χ0n) is 13.2. The van der Waals surface area contributed by atoms with Crippen LogP contribution in [0.5, 0.6) is 0 Å². The minimum absolute atomic E-state index is 0.0968. The normalized spacial score (nSPS) is 11.8. The number of rotatable bonds is 6. The molecule has 2 rings (SSSR count). The summed E-state index contributed by atoms with van der Waals surface area (Å²) in [5.74, 6) is 0.414. The van der Waals surface area contributed by atoms with Crippen molar-refractivity contribution in [1.29, 1.82) is 0 Å². The van der Waals surface area contributed by atoms with Crippen LogP contribution in [-0.2, 0) is 10.0 Å². The number of hydrogen-bond donors (Lipinski definition) is 1. The van der Waals surface area contributed by atoms with Gasteiger partial charge in [0.05, 0.1) is 16.0 Å². The summed E-state index contributed by atoms with van der Waals surface area (Å²) in [4.78, 5) is 12.0. The van der Waals surface area contributed by atoms with Crippen LogP contribution in [0.2, 0.25) is 0 Å². The zero-order chi connectivity index (χ0) is 17.7. The molecule has 0 spiro atoms. The fourth-order valence-corrected chi connectivity index (χ4v) is 2.73. The average Bonchev–Trinajstić information content (AvgIpc) is 2.55. The Balaban J connectivity index is 2.07. The van der Waals surface area contributed by atoms with Crippen LogP contribution in [0.25, 0.3) is 0 Å². The SMILES string of the molecule is CC(C)c1ccc(C=NNS(=O)(=O)c2ccc([N+](=O)[O-])cc2)cc1. The molecule has 0 aromatic heterocycles. The number of sulfonamides is 1. The third-order valence-electron chi connectivity index (χ3n) is 3.35. The quantitative estimate of drug-likeness (QED) is 0.493. The van der Waals surface area contributed by atoms with Crippen LogP contribution < -0.4 is 4.83 Å². The topological polar surface area (TPSA) is 102 Å². The van der Waals surface area contributed by atoms with E-state index in [9.17, 15) is 18.5 Å². The summed E-state index contributed by atoms with van der Waals surface area (Å²) in [5.41, 5.74) is 1.76. The van der Waals surface area contributed by atoms with E-state index >= 15 is 0 Å². The highest BCUT2D eigenvalue weighted by atomic mass is 32.2. The van der Waals surface area contributed by atoms with Crippen molar-refractivity contribution in [3.05, 3.63) is 69.8 Å². The third-order valence-corrected chi connectivity index (χ3v) is 4.59. The summed E-state index contributed by atoms with van der Waals surface area (Å²) >= 11 is 0. The van der Waals surface area contributed by atoms with Gasteiger partial charge in [-0.2, -0.15) is 13.5 Å². The van der Waals surface area contributed by atoms with E-state index in [0.29, 0.717) is 5.92 Å². The average molecular weight is 347 g/mol. The molecule has 0 atom stereocenters. The highest BCUT2D eigenvalue weighted by Crippen LogP contribution is 2.16. The van der Waals surface area contributed by atoms with Crippen LogP contribution in [0.15, 0.2) is 58.5 Å². The molecule has 24 heavy (non-hydrogen) atoms. The molecule has 8 heteroatoms. The molecule has 0 saturated heterocycles. The Kier molecular flexibility index (Phi) is 5.30. The number of nitro benzene ring substituents is 1. The Morgan fingerprint density at radius 2 is 1.67 bits per heavy atom. The van der Waals surface area contributed by atoms with Gasteiger partial charge in [-0.05, 0) is 29.2 Å². The molecule has 0 radical (unpaired) electrons. The van der Waals surface area contributed by atoms with E-state index in [1.807, 2.05) is 24.3 Å². The molecule has 0 bridgehead atoms. The van der Waals surface area contributed by atoms with E-state index < -0.39 is 14.9 Å². The van der Waals surface area contributed by atoms with Gasteiger partial charge in [-0.15, -0.1) is 0 Å². The number of hydrazone groups is 1. The number of nitrogens with zero attached hydrogens (tertiary/aromatic N) is 2. The maximum Gasteiger partial charge on any atom is 0.276 e. The number of benzene rings is 2. The summed E-state index contributed by atoms with van der Waals surface area (Å²) in [6.45, 7) is 4.17. The summed E-state index contributed by atoms with van der Waals surface area (Å²) in [5, 5.41) is 14.3. The summed E-state index contributed by atoms with van der Waals surface area (Å²) in [6.07, 6.45) is 1.40. The van der Waals surface area contributed by atoms with Gasteiger partial charge in [0.15, 0.2) is 0 Å². The van der Waals surface area contributed by atoms with Gasteiger partial charge in [0.1, 0.15) is 0 Å². The molecule has 0 aliphatic rings. The second-order valence-corrected chi connectivity index (χ2v) is 7.09. The Morgan fingerprint density at radius 1 is 1.08 bits per heavy atom. The van der Waals surface area contributed by atoms with E-state index in [2.05, 4.69) is 23.8 Å². The lowest BCUT2D eigenvalue weighted by Crippen LogP contribution is -2.18. The van der Waals surface area contributed by atoms with Gasteiger partial charge >= 0.3 is 0 Å². The molecule has 2 aromatic rings. The number of non-ortho nitro benzene ring substituents is 1. The van der Waals surface area contributed by atoms with Crippen molar-refractivity contribution >= 4 is 21.9 Å². The first-order chi connectivity index (χ1) is 11.3. The Bertz CT molecular complexity index is 842. The van der Waals surface area contributed by atoms with E-state index in [4.69, 9.17) is 0 Å². The fourth-order valence-electron chi connectivity index (χ4n) is 1.94. The van der Waals surface area contributed by atoms with Crippen LogP contribution in [0.3, 0.4) is 0 Å². The van der Waals surface area contributed by atoms with Crippen molar-refractivity contribution in [3.63, 3.8) is 0 Å². The summed E-state index contributed by atoms with van der Waals surface area (Å²) in [6, 6.07) is 12.2. The molecular weight excluding hydrogens is 330 g/mol. The second kappa shape index (κ2) is 7.22. The molecule has 0 aliphatic carbocycles. The Labute approximate surface area is 140 Å². The lowest BCUT2D eigenvalue weighted by Gasteiger charge is -2.05. The lowest BCUT2D eigenvalue weighted by atomic mass is 10.0. The maximum absolute atomic E-state index is 12.1. The van der Waals surface area contributed by atoms with Crippen molar-refractivity contribution in [2.75, 3.05) is 0 Å². The minimum atomic E-state index is -3.87. The van der Waals surface area contributed by atoms with Crippen molar-refractivity contribution in [2.24, 2.45) is 5.10 Å². The third kappa shape index (κ3) is 4.39. The fraction of sp³-hybridized carbons (Fsp3) is 0.188. The number of nitrogens with one attached hydrogen (secondary N) is 1. The van der Waals surface area contributed by atoms with Crippen molar-refractivity contribution in [2.45, 2.75) is 24.7 Å². The molecule has 0 saturated carbocycles. The molecule has 7 nitrogen and oxygen atoms in total. The van der Waals surface area contributed by atoms with Gasteiger partial charge in [0.2, 0.25) is 0 Å². The largest absolute Gasteiger partial charge is 0.276 e. The summed E-state index contributed by atoms with van der Waals surface area (Å²) in [7, 11) is -3.87. The predicted molar refractivity (Wildman–Crippen MR) is 91.5 cm³/mol. The smallest absolute Gasteiger partial charge is 0.258 e. The van der Waals surface area contributed by atoms with Crippen molar-refractivity contribution < 1.29 is 13.3 Å². The minimum Gasteiger partial charge on any atom is -0.258 e. The highest BCUT2D eigenvalue weighted by Gasteiger charge is 2.14. The van der Waals surface area contributed by atoms with Crippen molar-refractivity contribution in [3.8, 4) is 0 Å². The molecular formula is C16H17N3O4S.